The van der Waals surface area contributed by atoms with Crippen molar-refractivity contribution in [1.82, 2.24) is 0 Å². The summed E-state index contributed by atoms with van der Waals surface area (Å²) < 4.78 is 10.8. The second-order valence-corrected chi connectivity index (χ2v) is 4.21. The van der Waals surface area contributed by atoms with Gasteiger partial charge in [-0.1, -0.05) is 19.1 Å². The summed E-state index contributed by atoms with van der Waals surface area (Å²) in [6, 6.07) is 8.02. The first-order valence-electron chi connectivity index (χ1n) is 5.61. The molecule has 2 nitrogen and oxygen atoms in total. The van der Waals surface area contributed by atoms with E-state index in [2.05, 4.69) is 19.6 Å². The second kappa shape index (κ2) is 7.58. The molecule has 0 saturated heterocycles. The number of rotatable bonds is 7. The largest absolute Gasteiger partial charge is 0.493 e. The van der Waals surface area contributed by atoms with E-state index >= 15 is 0 Å². The van der Waals surface area contributed by atoms with Crippen molar-refractivity contribution in [3.8, 4) is 5.75 Å². The van der Waals surface area contributed by atoms with E-state index in [1.165, 1.54) is 0 Å². The van der Waals surface area contributed by atoms with E-state index in [0.29, 0.717) is 12.5 Å². The van der Waals surface area contributed by atoms with Crippen LogP contribution in [0.3, 0.4) is 0 Å². The van der Waals surface area contributed by atoms with Gasteiger partial charge in [0.05, 0.1) is 13.2 Å². The van der Waals surface area contributed by atoms with Crippen LogP contribution in [-0.4, -0.2) is 19.5 Å². The molecule has 0 aliphatic heterocycles. The maximum Gasteiger partial charge on any atom is 0.119 e. The van der Waals surface area contributed by atoms with Crippen LogP contribution < -0.4 is 4.74 Å². The van der Waals surface area contributed by atoms with Crippen molar-refractivity contribution in [2.24, 2.45) is 5.92 Å². The van der Waals surface area contributed by atoms with E-state index < -0.39 is 0 Å². The fourth-order valence-corrected chi connectivity index (χ4v) is 1.77. The predicted octanol–water partition coefficient (Wildman–Crippen LogP) is 3.17. The number of ether oxygens (including phenoxy) is 2. The minimum atomic E-state index is 0.523. The summed E-state index contributed by atoms with van der Waals surface area (Å²) in [6.07, 6.45) is 1.10. The Labute approximate surface area is 103 Å². The minimum absolute atomic E-state index is 0.523. The molecule has 1 unspecified atom stereocenters. The molecule has 0 heterocycles. The monoisotopic (exact) mass is 240 g/mol. The molecular formula is C13H20O2S. The molecule has 0 aromatic heterocycles. The number of benzene rings is 1. The zero-order valence-corrected chi connectivity index (χ0v) is 10.9. The van der Waals surface area contributed by atoms with Crippen LogP contribution in [0.25, 0.3) is 0 Å². The van der Waals surface area contributed by atoms with Crippen LogP contribution in [0.4, 0.5) is 0 Å². The van der Waals surface area contributed by atoms with Gasteiger partial charge in [-0.05, 0) is 29.9 Å². The van der Waals surface area contributed by atoms with Gasteiger partial charge in [0.25, 0.3) is 0 Å². The van der Waals surface area contributed by atoms with Crippen molar-refractivity contribution in [1.29, 1.82) is 0 Å². The van der Waals surface area contributed by atoms with Gasteiger partial charge in [0.15, 0.2) is 0 Å². The second-order valence-electron chi connectivity index (χ2n) is 3.85. The molecule has 16 heavy (non-hydrogen) atoms. The first kappa shape index (κ1) is 13.4. The topological polar surface area (TPSA) is 18.5 Å². The Hall–Kier alpha value is -0.670. The summed E-state index contributed by atoms with van der Waals surface area (Å²) >= 11 is 4.30. The van der Waals surface area contributed by atoms with E-state index in [1.54, 1.807) is 7.11 Å². The van der Waals surface area contributed by atoms with E-state index in [1.807, 2.05) is 24.3 Å². The van der Waals surface area contributed by atoms with Crippen molar-refractivity contribution < 1.29 is 9.47 Å². The fourth-order valence-electron chi connectivity index (χ4n) is 1.41. The zero-order valence-electron chi connectivity index (χ0n) is 9.98. The molecule has 0 aliphatic rings. The van der Waals surface area contributed by atoms with Gasteiger partial charge in [-0.25, -0.2) is 0 Å². The van der Waals surface area contributed by atoms with Gasteiger partial charge >= 0.3 is 0 Å². The van der Waals surface area contributed by atoms with Crippen LogP contribution in [-0.2, 0) is 11.3 Å². The lowest BCUT2D eigenvalue weighted by molar-refractivity contribution is 0.184. The predicted molar refractivity (Wildman–Crippen MR) is 70.3 cm³/mol. The minimum Gasteiger partial charge on any atom is -0.493 e. The van der Waals surface area contributed by atoms with E-state index in [9.17, 15) is 0 Å². The van der Waals surface area contributed by atoms with Gasteiger partial charge < -0.3 is 9.47 Å². The highest BCUT2D eigenvalue weighted by atomic mass is 32.1. The Morgan fingerprint density at radius 2 is 2.19 bits per heavy atom. The van der Waals surface area contributed by atoms with Crippen molar-refractivity contribution in [3.63, 3.8) is 0 Å². The Bertz CT molecular complexity index is 298. The van der Waals surface area contributed by atoms with Crippen LogP contribution in [0.1, 0.15) is 18.9 Å². The number of methoxy groups -OCH3 is 1. The van der Waals surface area contributed by atoms with Crippen LogP contribution in [0.15, 0.2) is 24.3 Å². The summed E-state index contributed by atoms with van der Waals surface area (Å²) in [6.45, 7) is 3.52. The van der Waals surface area contributed by atoms with Crippen molar-refractivity contribution in [2.45, 2.75) is 20.0 Å². The molecule has 1 rings (SSSR count). The average molecular weight is 240 g/mol. The number of hydrogen-bond donors (Lipinski definition) is 1. The van der Waals surface area contributed by atoms with E-state index in [-0.39, 0.29) is 0 Å². The van der Waals surface area contributed by atoms with Gasteiger partial charge in [-0.3, -0.25) is 0 Å². The first-order valence-corrected chi connectivity index (χ1v) is 6.25. The standard InChI is InChI=1S/C13H20O2S/c1-3-11(10-16)9-15-13-6-4-5-12(7-13)8-14-2/h4-7,11,16H,3,8-10H2,1-2H3. The third kappa shape index (κ3) is 4.45. The fraction of sp³-hybridized carbons (Fsp3) is 0.538. The summed E-state index contributed by atoms with van der Waals surface area (Å²) in [5.74, 6) is 2.30. The molecule has 0 spiro atoms. The molecular weight excluding hydrogens is 220 g/mol. The third-order valence-electron chi connectivity index (χ3n) is 2.53. The number of hydrogen-bond acceptors (Lipinski definition) is 3. The van der Waals surface area contributed by atoms with Crippen molar-refractivity contribution >= 4 is 12.6 Å². The Kier molecular flexibility index (Phi) is 6.34. The molecule has 1 atom stereocenters. The maximum absolute atomic E-state index is 5.73. The summed E-state index contributed by atoms with van der Waals surface area (Å²) in [7, 11) is 1.70. The van der Waals surface area contributed by atoms with Crippen molar-refractivity contribution in [3.05, 3.63) is 29.8 Å². The molecule has 0 fully saturated rings. The van der Waals surface area contributed by atoms with Gasteiger partial charge in [-0.2, -0.15) is 12.6 Å². The van der Waals surface area contributed by atoms with Crippen LogP contribution >= 0.6 is 12.6 Å². The molecule has 1 aromatic carbocycles. The lowest BCUT2D eigenvalue weighted by Crippen LogP contribution is -2.12. The summed E-state index contributed by atoms with van der Waals surface area (Å²) in [4.78, 5) is 0. The molecule has 0 N–H and O–H groups in total. The van der Waals surface area contributed by atoms with Crippen LogP contribution in [0.2, 0.25) is 0 Å². The normalized spacial score (nSPS) is 12.4. The SMILES string of the molecule is CCC(CS)COc1cccc(COC)c1. The Balaban J connectivity index is 2.49. The summed E-state index contributed by atoms with van der Waals surface area (Å²) in [5.41, 5.74) is 1.14. The highest BCUT2D eigenvalue weighted by Gasteiger charge is 2.05. The lowest BCUT2D eigenvalue weighted by Gasteiger charge is -2.13. The zero-order chi connectivity index (χ0) is 11.8. The van der Waals surface area contributed by atoms with E-state index in [4.69, 9.17) is 9.47 Å². The Morgan fingerprint density at radius 3 is 2.81 bits per heavy atom. The van der Waals surface area contributed by atoms with Crippen LogP contribution in [0.5, 0.6) is 5.75 Å². The van der Waals surface area contributed by atoms with Gasteiger partial charge in [0.1, 0.15) is 5.75 Å². The van der Waals surface area contributed by atoms with Crippen molar-refractivity contribution in [2.75, 3.05) is 19.5 Å². The molecule has 0 radical (unpaired) electrons. The Morgan fingerprint density at radius 1 is 1.38 bits per heavy atom. The van der Waals surface area contributed by atoms with Crippen LogP contribution in [0, 0.1) is 5.92 Å². The average Bonchev–Trinajstić information content (AvgIpc) is 2.31. The highest BCUT2D eigenvalue weighted by molar-refractivity contribution is 7.80. The third-order valence-corrected chi connectivity index (χ3v) is 3.05. The number of thiol groups is 1. The highest BCUT2D eigenvalue weighted by Crippen LogP contribution is 2.16. The van der Waals surface area contributed by atoms with Gasteiger partial charge in [-0.15, -0.1) is 0 Å². The first-order chi connectivity index (χ1) is 7.80. The molecule has 0 bridgehead atoms. The molecule has 0 aliphatic carbocycles. The lowest BCUT2D eigenvalue weighted by atomic mass is 10.1. The van der Waals surface area contributed by atoms with E-state index in [0.717, 1.165) is 30.1 Å². The maximum atomic E-state index is 5.73. The quantitative estimate of drug-likeness (QED) is 0.738. The summed E-state index contributed by atoms with van der Waals surface area (Å²) in [5, 5.41) is 0. The molecule has 0 amide bonds. The van der Waals surface area contributed by atoms with Gasteiger partial charge in [0.2, 0.25) is 0 Å². The van der Waals surface area contributed by atoms with Gasteiger partial charge in [0, 0.05) is 13.0 Å². The molecule has 0 saturated carbocycles. The molecule has 1 aromatic rings. The molecule has 90 valence electrons. The molecule has 3 heteroatoms. The smallest absolute Gasteiger partial charge is 0.119 e.